The van der Waals surface area contributed by atoms with Crippen molar-refractivity contribution in [1.29, 1.82) is 0 Å². The lowest BCUT2D eigenvalue weighted by Gasteiger charge is -2.38. The van der Waals surface area contributed by atoms with Crippen LogP contribution in [0.3, 0.4) is 0 Å². The lowest BCUT2D eigenvalue weighted by molar-refractivity contribution is 0.156. The molecule has 0 amide bonds. The maximum absolute atomic E-state index is 4.18. The summed E-state index contributed by atoms with van der Waals surface area (Å²) in [6.07, 6.45) is 7.96. The molecule has 2 nitrogen and oxygen atoms in total. The summed E-state index contributed by atoms with van der Waals surface area (Å²) in [6.45, 7) is 4.47. The second-order valence-electron chi connectivity index (χ2n) is 5.78. The van der Waals surface area contributed by atoms with Crippen LogP contribution in [-0.4, -0.2) is 11.5 Å². The average molecular weight is 240 g/mol. The van der Waals surface area contributed by atoms with Crippen molar-refractivity contribution in [3.8, 4) is 0 Å². The molecule has 1 saturated carbocycles. The number of nitrogens with one attached hydrogen (secondary N) is 1. The summed E-state index contributed by atoms with van der Waals surface area (Å²) in [5.41, 5.74) is 1.92. The minimum Gasteiger partial charge on any atom is -0.312 e. The van der Waals surface area contributed by atoms with E-state index in [0.29, 0.717) is 5.41 Å². The van der Waals surface area contributed by atoms with Crippen LogP contribution in [-0.2, 0) is 6.54 Å². The average Bonchev–Trinajstić information content (AvgIpc) is 2.37. The fourth-order valence-corrected chi connectivity index (χ4v) is 2.80. The monoisotopic (exact) mass is 240 g/mol. The van der Waals surface area contributed by atoms with Gasteiger partial charge in [0.05, 0.1) is 0 Å². The third-order valence-corrected chi connectivity index (χ3v) is 4.20. The molecule has 0 saturated heterocycles. The van der Waals surface area contributed by atoms with E-state index >= 15 is 0 Å². The molecule has 0 aliphatic heterocycles. The van der Waals surface area contributed by atoms with Crippen molar-refractivity contribution in [3.05, 3.63) is 42.2 Å². The Morgan fingerprint density at radius 2 is 2.17 bits per heavy atom. The highest BCUT2D eigenvalue weighted by Crippen LogP contribution is 2.39. The quantitative estimate of drug-likeness (QED) is 0.884. The Morgan fingerprint density at radius 1 is 1.28 bits per heavy atom. The highest BCUT2D eigenvalue weighted by atomic mass is 14.9. The van der Waals surface area contributed by atoms with E-state index in [9.17, 15) is 0 Å². The van der Waals surface area contributed by atoms with Gasteiger partial charge in [-0.1, -0.05) is 31.5 Å². The van der Waals surface area contributed by atoms with Crippen LogP contribution in [0.5, 0.6) is 0 Å². The molecule has 1 aromatic heterocycles. The van der Waals surface area contributed by atoms with Gasteiger partial charge >= 0.3 is 0 Å². The van der Waals surface area contributed by atoms with Gasteiger partial charge in [0.25, 0.3) is 0 Å². The second-order valence-corrected chi connectivity index (χ2v) is 5.78. The third kappa shape index (κ3) is 2.25. The van der Waals surface area contributed by atoms with E-state index in [4.69, 9.17) is 0 Å². The molecule has 1 aliphatic carbocycles. The number of hydrogen-bond acceptors (Lipinski definition) is 2. The summed E-state index contributed by atoms with van der Waals surface area (Å²) < 4.78 is 0. The van der Waals surface area contributed by atoms with E-state index in [1.807, 2.05) is 12.4 Å². The third-order valence-electron chi connectivity index (χ3n) is 4.20. The molecule has 1 aliphatic rings. The van der Waals surface area contributed by atoms with Gasteiger partial charge in [-0.2, -0.15) is 0 Å². The van der Waals surface area contributed by atoms with Crippen molar-refractivity contribution in [3.63, 3.8) is 0 Å². The zero-order chi connectivity index (χ0) is 12.4. The molecular formula is C16H20N2. The van der Waals surface area contributed by atoms with Crippen LogP contribution in [0.2, 0.25) is 0 Å². The van der Waals surface area contributed by atoms with Gasteiger partial charge in [0, 0.05) is 30.9 Å². The zero-order valence-electron chi connectivity index (χ0n) is 10.9. The number of nitrogens with zero attached hydrogens (tertiary/aromatic N) is 1. The Labute approximate surface area is 108 Å². The SMILES string of the molecule is CC1(CNCc2cccc3cnccc23)CCC1. The molecule has 0 spiro atoms. The zero-order valence-corrected chi connectivity index (χ0v) is 10.9. The molecule has 0 radical (unpaired) electrons. The molecule has 0 unspecified atom stereocenters. The van der Waals surface area contributed by atoms with Gasteiger partial charge in [0.15, 0.2) is 0 Å². The van der Waals surface area contributed by atoms with Crippen LogP contribution in [0, 0.1) is 5.41 Å². The van der Waals surface area contributed by atoms with E-state index in [0.717, 1.165) is 13.1 Å². The smallest absolute Gasteiger partial charge is 0.0346 e. The summed E-state index contributed by atoms with van der Waals surface area (Å²) in [7, 11) is 0. The van der Waals surface area contributed by atoms with Crippen LogP contribution in [0.1, 0.15) is 31.7 Å². The summed E-state index contributed by atoms with van der Waals surface area (Å²) in [5, 5.41) is 6.16. The molecule has 3 rings (SSSR count). The van der Waals surface area contributed by atoms with Crippen molar-refractivity contribution >= 4 is 10.8 Å². The van der Waals surface area contributed by atoms with E-state index in [-0.39, 0.29) is 0 Å². The summed E-state index contributed by atoms with van der Waals surface area (Å²) >= 11 is 0. The Bertz CT molecular complexity index is 538. The minimum atomic E-state index is 0.548. The molecule has 18 heavy (non-hydrogen) atoms. The van der Waals surface area contributed by atoms with Crippen LogP contribution < -0.4 is 5.32 Å². The number of fused-ring (bicyclic) bond motifs is 1. The molecule has 0 bridgehead atoms. The Morgan fingerprint density at radius 3 is 2.94 bits per heavy atom. The fourth-order valence-electron chi connectivity index (χ4n) is 2.80. The lowest BCUT2D eigenvalue weighted by Crippen LogP contribution is -2.36. The first-order chi connectivity index (χ1) is 8.77. The van der Waals surface area contributed by atoms with Gasteiger partial charge in [-0.15, -0.1) is 0 Å². The molecule has 2 aromatic rings. The minimum absolute atomic E-state index is 0.548. The second kappa shape index (κ2) is 4.69. The predicted molar refractivity (Wildman–Crippen MR) is 75.4 cm³/mol. The van der Waals surface area contributed by atoms with Gasteiger partial charge in [-0.05, 0) is 35.3 Å². The lowest BCUT2D eigenvalue weighted by atomic mass is 9.70. The predicted octanol–water partition coefficient (Wildman–Crippen LogP) is 3.51. The standard InChI is InChI=1S/C16H20N2/c1-16(7-3-8-16)12-18-11-14-5-2-4-13-10-17-9-6-15(13)14/h2,4-6,9-10,18H,3,7-8,11-12H2,1H3. The first kappa shape index (κ1) is 11.7. The van der Waals surface area contributed by atoms with Gasteiger partial charge in [-0.25, -0.2) is 0 Å². The molecule has 2 heteroatoms. The first-order valence-electron chi connectivity index (χ1n) is 6.79. The van der Waals surface area contributed by atoms with Crippen molar-refractivity contribution in [1.82, 2.24) is 10.3 Å². The van der Waals surface area contributed by atoms with Gasteiger partial charge in [0.1, 0.15) is 0 Å². The van der Waals surface area contributed by atoms with Crippen LogP contribution in [0.15, 0.2) is 36.7 Å². The molecule has 94 valence electrons. The molecular weight excluding hydrogens is 220 g/mol. The normalized spacial score (nSPS) is 17.6. The van der Waals surface area contributed by atoms with E-state index in [1.165, 1.54) is 35.6 Å². The molecule has 0 atom stereocenters. The molecule has 1 heterocycles. The van der Waals surface area contributed by atoms with Crippen molar-refractivity contribution in [2.75, 3.05) is 6.54 Å². The Kier molecular flexibility index (Phi) is 3.04. The van der Waals surface area contributed by atoms with Crippen molar-refractivity contribution in [2.24, 2.45) is 5.41 Å². The van der Waals surface area contributed by atoms with E-state index in [1.54, 1.807) is 0 Å². The summed E-state index contributed by atoms with van der Waals surface area (Å²) in [6, 6.07) is 8.56. The number of aromatic nitrogens is 1. The Balaban J connectivity index is 1.70. The number of rotatable bonds is 4. The van der Waals surface area contributed by atoms with Gasteiger partial charge in [0.2, 0.25) is 0 Å². The summed E-state index contributed by atoms with van der Waals surface area (Å²) in [5.74, 6) is 0. The van der Waals surface area contributed by atoms with Crippen molar-refractivity contribution < 1.29 is 0 Å². The molecule has 1 N–H and O–H groups in total. The maximum Gasteiger partial charge on any atom is 0.0346 e. The highest BCUT2D eigenvalue weighted by Gasteiger charge is 2.30. The molecule has 1 fully saturated rings. The topological polar surface area (TPSA) is 24.9 Å². The van der Waals surface area contributed by atoms with E-state index < -0.39 is 0 Å². The van der Waals surface area contributed by atoms with Crippen LogP contribution in [0.4, 0.5) is 0 Å². The molecule has 1 aromatic carbocycles. The van der Waals surface area contributed by atoms with Gasteiger partial charge < -0.3 is 5.32 Å². The van der Waals surface area contributed by atoms with Crippen LogP contribution >= 0.6 is 0 Å². The highest BCUT2D eigenvalue weighted by molar-refractivity contribution is 5.84. The van der Waals surface area contributed by atoms with Crippen molar-refractivity contribution in [2.45, 2.75) is 32.7 Å². The number of benzene rings is 1. The number of pyridine rings is 1. The van der Waals surface area contributed by atoms with E-state index in [2.05, 4.69) is 41.5 Å². The maximum atomic E-state index is 4.18. The number of hydrogen-bond donors (Lipinski definition) is 1. The summed E-state index contributed by atoms with van der Waals surface area (Å²) in [4.78, 5) is 4.18. The first-order valence-corrected chi connectivity index (χ1v) is 6.79. The van der Waals surface area contributed by atoms with Crippen LogP contribution in [0.25, 0.3) is 10.8 Å². The largest absolute Gasteiger partial charge is 0.312 e. The van der Waals surface area contributed by atoms with Gasteiger partial charge in [-0.3, -0.25) is 4.98 Å². The Hall–Kier alpha value is -1.41. The fraction of sp³-hybridized carbons (Fsp3) is 0.438.